The summed E-state index contributed by atoms with van der Waals surface area (Å²) >= 11 is 0. The van der Waals surface area contributed by atoms with Crippen LogP contribution in [0.1, 0.15) is 45.7 Å². The monoisotopic (exact) mass is 399 g/mol. The summed E-state index contributed by atoms with van der Waals surface area (Å²) in [5.41, 5.74) is 1.86. The van der Waals surface area contributed by atoms with Gasteiger partial charge >= 0.3 is 0 Å². The Morgan fingerprint density at radius 1 is 1.04 bits per heavy atom. The van der Waals surface area contributed by atoms with Crippen molar-refractivity contribution in [2.75, 3.05) is 5.32 Å². The summed E-state index contributed by atoms with van der Waals surface area (Å²) in [6, 6.07) is 9.68. The number of carbonyl (C=O) groups excluding carboxylic acids is 4. The van der Waals surface area contributed by atoms with Crippen molar-refractivity contribution in [3.05, 3.63) is 59.4 Å². The second-order valence-corrected chi connectivity index (χ2v) is 6.62. The van der Waals surface area contributed by atoms with Crippen LogP contribution in [0.2, 0.25) is 0 Å². The summed E-state index contributed by atoms with van der Waals surface area (Å²) in [6.07, 6.45) is 1.86. The van der Waals surface area contributed by atoms with Crippen LogP contribution in [0.25, 0.3) is 0 Å². The van der Waals surface area contributed by atoms with Crippen molar-refractivity contribution in [3.63, 3.8) is 0 Å². The summed E-state index contributed by atoms with van der Waals surface area (Å²) in [7, 11) is 0. The first-order valence-electron chi connectivity index (χ1n) is 8.75. The molecule has 2 aliphatic rings. The smallest absolute Gasteiger partial charge is 0.264 e. The number of aromatic nitrogens is 1. The molecule has 1 aliphatic heterocycles. The fourth-order valence-electron chi connectivity index (χ4n) is 3.55. The van der Waals surface area contributed by atoms with E-state index in [4.69, 9.17) is 0 Å². The minimum atomic E-state index is -0.862. The van der Waals surface area contributed by atoms with Crippen molar-refractivity contribution in [2.45, 2.75) is 31.8 Å². The van der Waals surface area contributed by atoms with E-state index < -0.39 is 17.9 Å². The van der Waals surface area contributed by atoms with Crippen LogP contribution in [-0.4, -0.2) is 39.3 Å². The second kappa shape index (κ2) is 7.90. The molecule has 1 aromatic carbocycles. The van der Waals surface area contributed by atoms with Crippen molar-refractivity contribution in [1.82, 2.24) is 9.88 Å². The first-order chi connectivity index (χ1) is 13.1. The van der Waals surface area contributed by atoms with Crippen LogP contribution in [-0.2, 0) is 16.1 Å². The van der Waals surface area contributed by atoms with Gasteiger partial charge in [-0.3, -0.25) is 29.1 Å². The Balaban J connectivity index is 0.00000225. The zero-order chi connectivity index (χ0) is 19.0. The van der Waals surface area contributed by atoms with E-state index in [1.165, 1.54) is 0 Å². The third kappa shape index (κ3) is 3.41. The SMILES string of the molecule is Cl.O=C1CCC(N2C(=O)c3cccc(NCc4ccccn4)c3C2=O)C(=O)C1. The number of pyridine rings is 1. The normalized spacial score (nSPS) is 18.7. The van der Waals surface area contributed by atoms with Gasteiger partial charge in [0.15, 0.2) is 5.78 Å². The highest BCUT2D eigenvalue weighted by Gasteiger charge is 2.45. The number of hydrogen-bond donors (Lipinski definition) is 1. The van der Waals surface area contributed by atoms with Gasteiger partial charge in [0.25, 0.3) is 11.8 Å². The van der Waals surface area contributed by atoms with Gasteiger partial charge in [-0.05, 0) is 30.7 Å². The molecule has 2 heterocycles. The largest absolute Gasteiger partial charge is 0.379 e. The zero-order valence-corrected chi connectivity index (χ0v) is 15.7. The Bertz CT molecular complexity index is 961. The van der Waals surface area contributed by atoms with Crippen molar-refractivity contribution in [3.8, 4) is 0 Å². The molecule has 4 rings (SSSR count). The summed E-state index contributed by atoms with van der Waals surface area (Å²) in [4.78, 5) is 54.7. The van der Waals surface area contributed by atoms with Gasteiger partial charge in [-0.15, -0.1) is 12.4 Å². The molecule has 0 bridgehead atoms. The number of benzene rings is 1. The molecule has 1 fully saturated rings. The van der Waals surface area contributed by atoms with Gasteiger partial charge < -0.3 is 5.32 Å². The highest BCUT2D eigenvalue weighted by Crippen LogP contribution is 2.33. The zero-order valence-electron chi connectivity index (χ0n) is 14.9. The highest BCUT2D eigenvalue weighted by molar-refractivity contribution is 6.25. The predicted octanol–water partition coefficient (Wildman–Crippen LogP) is 2.40. The maximum absolute atomic E-state index is 13.0. The Morgan fingerprint density at radius 2 is 1.86 bits per heavy atom. The first-order valence-corrected chi connectivity index (χ1v) is 8.75. The van der Waals surface area contributed by atoms with E-state index in [0.717, 1.165) is 10.6 Å². The fraction of sp³-hybridized carbons (Fsp3) is 0.250. The number of Topliss-reactive ketones (excluding diaryl/α,β-unsaturated/α-hetero) is 2. The van der Waals surface area contributed by atoms with E-state index in [1.807, 2.05) is 18.2 Å². The number of rotatable bonds is 4. The van der Waals surface area contributed by atoms with Crippen molar-refractivity contribution in [1.29, 1.82) is 0 Å². The van der Waals surface area contributed by atoms with Crippen molar-refractivity contribution >= 4 is 41.5 Å². The lowest BCUT2D eigenvalue weighted by atomic mass is 9.92. The van der Waals surface area contributed by atoms with E-state index in [1.54, 1.807) is 24.4 Å². The average molecular weight is 400 g/mol. The lowest BCUT2D eigenvalue weighted by Crippen LogP contribution is -2.47. The molecule has 1 atom stereocenters. The second-order valence-electron chi connectivity index (χ2n) is 6.62. The molecule has 1 unspecified atom stereocenters. The lowest BCUT2D eigenvalue weighted by molar-refractivity contribution is -0.132. The molecule has 1 N–H and O–H groups in total. The Kier molecular flexibility index (Phi) is 5.56. The number of imide groups is 1. The van der Waals surface area contributed by atoms with Gasteiger partial charge in [-0.25, -0.2) is 0 Å². The predicted molar refractivity (Wildman–Crippen MR) is 103 cm³/mol. The van der Waals surface area contributed by atoms with Crippen LogP contribution in [0.4, 0.5) is 5.69 Å². The van der Waals surface area contributed by atoms with Crippen molar-refractivity contribution in [2.24, 2.45) is 0 Å². The molecule has 7 nitrogen and oxygen atoms in total. The quantitative estimate of drug-likeness (QED) is 0.626. The first kappa shape index (κ1) is 19.7. The molecular formula is C20H18ClN3O4. The number of nitrogens with zero attached hydrogens (tertiary/aromatic N) is 2. The van der Waals surface area contributed by atoms with Gasteiger partial charge in [-0.1, -0.05) is 12.1 Å². The van der Waals surface area contributed by atoms with E-state index in [-0.39, 0.29) is 54.4 Å². The maximum atomic E-state index is 13.0. The molecule has 2 aromatic rings. The Labute approximate surface area is 167 Å². The molecule has 0 spiro atoms. The maximum Gasteiger partial charge on any atom is 0.264 e. The van der Waals surface area contributed by atoms with E-state index >= 15 is 0 Å². The van der Waals surface area contributed by atoms with Gasteiger partial charge in [0.1, 0.15) is 5.78 Å². The van der Waals surface area contributed by atoms with Gasteiger partial charge in [-0.2, -0.15) is 0 Å². The number of amides is 2. The number of fused-ring (bicyclic) bond motifs is 1. The fourth-order valence-corrected chi connectivity index (χ4v) is 3.55. The van der Waals surface area contributed by atoms with E-state index in [9.17, 15) is 19.2 Å². The third-order valence-electron chi connectivity index (χ3n) is 4.88. The number of halogens is 1. The number of hydrogen-bond acceptors (Lipinski definition) is 6. The number of carbonyl (C=O) groups is 4. The van der Waals surface area contributed by atoms with Gasteiger partial charge in [0, 0.05) is 18.3 Å². The standard InChI is InChI=1S/C20H17N3O4.ClH/c24-13-7-8-16(17(25)10-13)23-19(26)14-5-3-6-15(18(14)20(23)27)22-11-12-4-1-2-9-21-12;/h1-6,9,16,22H,7-8,10-11H2;1H. The molecule has 28 heavy (non-hydrogen) atoms. The molecule has 144 valence electrons. The van der Waals surface area contributed by atoms with Crippen LogP contribution in [0.3, 0.4) is 0 Å². The summed E-state index contributed by atoms with van der Waals surface area (Å²) < 4.78 is 0. The summed E-state index contributed by atoms with van der Waals surface area (Å²) in [5.74, 6) is -1.50. The molecule has 8 heteroatoms. The van der Waals surface area contributed by atoms with Crippen LogP contribution in [0.15, 0.2) is 42.6 Å². The molecule has 1 aliphatic carbocycles. The molecule has 1 saturated carbocycles. The lowest BCUT2D eigenvalue weighted by Gasteiger charge is -2.27. The van der Waals surface area contributed by atoms with Crippen LogP contribution in [0.5, 0.6) is 0 Å². The van der Waals surface area contributed by atoms with Crippen LogP contribution in [0, 0.1) is 0 Å². The van der Waals surface area contributed by atoms with Crippen LogP contribution >= 0.6 is 12.4 Å². The Hall–Kier alpha value is -3.06. The van der Waals surface area contributed by atoms with E-state index in [0.29, 0.717) is 12.2 Å². The minimum absolute atomic E-state index is 0. The van der Waals surface area contributed by atoms with Gasteiger partial charge in [0.2, 0.25) is 0 Å². The molecule has 2 amide bonds. The topological polar surface area (TPSA) is 96.4 Å². The van der Waals surface area contributed by atoms with Gasteiger partial charge in [0.05, 0.1) is 35.8 Å². The molecule has 0 radical (unpaired) electrons. The summed E-state index contributed by atoms with van der Waals surface area (Å²) in [5, 5.41) is 3.15. The molecule has 1 aromatic heterocycles. The van der Waals surface area contributed by atoms with Crippen LogP contribution < -0.4 is 5.32 Å². The number of anilines is 1. The van der Waals surface area contributed by atoms with E-state index in [2.05, 4.69) is 10.3 Å². The summed E-state index contributed by atoms with van der Waals surface area (Å²) in [6.45, 7) is 0.398. The number of ketones is 2. The molecule has 0 saturated heterocycles. The minimum Gasteiger partial charge on any atom is -0.379 e. The third-order valence-corrected chi connectivity index (χ3v) is 4.88. The number of nitrogens with one attached hydrogen (secondary N) is 1. The average Bonchev–Trinajstić information content (AvgIpc) is 2.93. The Morgan fingerprint density at radius 3 is 2.57 bits per heavy atom. The molecular weight excluding hydrogens is 382 g/mol. The van der Waals surface area contributed by atoms with Crippen molar-refractivity contribution < 1.29 is 19.2 Å². The highest BCUT2D eigenvalue weighted by atomic mass is 35.5.